The molecule has 74 valence electrons. The zero-order valence-corrected chi connectivity index (χ0v) is 8.69. The Balaban J connectivity index is 3.04. The van der Waals surface area contributed by atoms with Gasteiger partial charge in [0.25, 0.3) is 0 Å². The second kappa shape index (κ2) is 4.76. The standard InChI is InChI=1S/C9H8BrNO3/c10-7-4-2-1-3-6(7)8(9(13)14)11-5-12/h1-5,8H,(H,11,12)(H,13,14). The lowest BCUT2D eigenvalue weighted by Crippen LogP contribution is -2.27. The Bertz CT molecular complexity index is 354. The maximum absolute atomic E-state index is 10.8. The molecule has 0 radical (unpaired) electrons. The van der Waals surface area contributed by atoms with E-state index in [0.717, 1.165) is 0 Å². The predicted molar refractivity (Wildman–Crippen MR) is 53.7 cm³/mol. The molecule has 14 heavy (non-hydrogen) atoms. The third-order valence-corrected chi connectivity index (χ3v) is 2.42. The van der Waals surface area contributed by atoms with Crippen LogP contribution in [0.25, 0.3) is 0 Å². The fourth-order valence-electron chi connectivity index (χ4n) is 1.07. The van der Waals surface area contributed by atoms with Crippen molar-refractivity contribution in [3.63, 3.8) is 0 Å². The van der Waals surface area contributed by atoms with Gasteiger partial charge in [-0.25, -0.2) is 4.79 Å². The smallest absolute Gasteiger partial charge is 0.330 e. The molecule has 1 unspecified atom stereocenters. The highest BCUT2D eigenvalue weighted by Gasteiger charge is 2.20. The highest BCUT2D eigenvalue weighted by atomic mass is 79.9. The Morgan fingerprint density at radius 3 is 2.64 bits per heavy atom. The molecule has 5 heteroatoms. The van der Waals surface area contributed by atoms with E-state index in [1.54, 1.807) is 24.3 Å². The van der Waals surface area contributed by atoms with Crippen molar-refractivity contribution in [1.29, 1.82) is 0 Å². The van der Waals surface area contributed by atoms with Gasteiger partial charge in [0.15, 0.2) is 6.04 Å². The van der Waals surface area contributed by atoms with E-state index in [1.165, 1.54) is 0 Å². The van der Waals surface area contributed by atoms with Crippen LogP contribution in [0.3, 0.4) is 0 Å². The molecule has 0 saturated carbocycles. The van der Waals surface area contributed by atoms with Crippen molar-refractivity contribution in [1.82, 2.24) is 5.32 Å². The number of carboxylic acids is 1. The first kappa shape index (κ1) is 10.7. The monoisotopic (exact) mass is 257 g/mol. The minimum absolute atomic E-state index is 0.373. The summed E-state index contributed by atoms with van der Waals surface area (Å²) in [5.41, 5.74) is 0.520. The maximum Gasteiger partial charge on any atom is 0.330 e. The van der Waals surface area contributed by atoms with Crippen LogP contribution in [-0.4, -0.2) is 17.5 Å². The molecule has 1 aromatic carbocycles. The molecule has 1 aromatic rings. The summed E-state index contributed by atoms with van der Waals surface area (Å²) in [5, 5.41) is 11.1. The predicted octanol–water partition coefficient (Wildman–Crippen LogP) is 1.32. The van der Waals surface area contributed by atoms with E-state index in [4.69, 9.17) is 5.11 Å². The summed E-state index contributed by atoms with van der Waals surface area (Å²) in [7, 11) is 0. The van der Waals surface area contributed by atoms with Crippen LogP contribution in [0.2, 0.25) is 0 Å². The molecule has 0 heterocycles. The van der Waals surface area contributed by atoms with Gasteiger partial charge in [0, 0.05) is 4.47 Å². The molecule has 2 N–H and O–H groups in total. The summed E-state index contributed by atoms with van der Waals surface area (Å²) in [4.78, 5) is 21.0. The van der Waals surface area contributed by atoms with E-state index < -0.39 is 12.0 Å². The molecule has 0 spiro atoms. The van der Waals surface area contributed by atoms with Crippen LogP contribution in [0.5, 0.6) is 0 Å². The number of amides is 1. The largest absolute Gasteiger partial charge is 0.479 e. The number of benzene rings is 1. The van der Waals surface area contributed by atoms with Crippen molar-refractivity contribution in [2.24, 2.45) is 0 Å². The Morgan fingerprint density at radius 1 is 1.50 bits per heavy atom. The molecular weight excluding hydrogens is 250 g/mol. The van der Waals surface area contributed by atoms with Crippen LogP contribution in [0.15, 0.2) is 28.7 Å². The fourth-order valence-corrected chi connectivity index (χ4v) is 1.59. The number of hydrogen-bond donors (Lipinski definition) is 2. The molecule has 1 atom stereocenters. The van der Waals surface area contributed by atoms with Gasteiger partial charge in [-0.05, 0) is 11.6 Å². The zero-order chi connectivity index (χ0) is 10.6. The second-order valence-electron chi connectivity index (χ2n) is 2.58. The summed E-state index contributed by atoms with van der Waals surface area (Å²) >= 11 is 3.22. The van der Waals surface area contributed by atoms with Gasteiger partial charge in [-0.3, -0.25) is 4.79 Å². The molecule has 0 aliphatic heterocycles. The lowest BCUT2D eigenvalue weighted by molar-refractivity contribution is -0.140. The first-order valence-electron chi connectivity index (χ1n) is 3.83. The van der Waals surface area contributed by atoms with Crippen molar-refractivity contribution < 1.29 is 14.7 Å². The fraction of sp³-hybridized carbons (Fsp3) is 0.111. The van der Waals surface area contributed by atoms with Crippen LogP contribution >= 0.6 is 15.9 Å². The van der Waals surface area contributed by atoms with Crippen molar-refractivity contribution >= 4 is 28.3 Å². The zero-order valence-electron chi connectivity index (χ0n) is 7.11. The summed E-state index contributed by atoms with van der Waals surface area (Å²) in [6.45, 7) is 0. The Kier molecular flexibility index (Phi) is 3.64. The molecule has 1 rings (SSSR count). The van der Waals surface area contributed by atoms with Gasteiger partial charge in [-0.1, -0.05) is 34.1 Å². The summed E-state index contributed by atoms with van der Waals surface area (Å²) < 4.78 is 0.654. The van der Waals surface area contributed by atoms with Gasteiger partial charge < -0.3 is 10.4 Å². The number of halogens is 1. The number of nitrogens with one attached hydrogen (secondary N) is 1. The number of aliphatic carboxylic acids is 1. The van der Waals surface area contributed by atoms with E-state index in [9.17, 15) is 9.59 Å². The average Bonchev–Trinajstić information content (AvgIpc) is 2.15. The number of carboxylic acid groups (broad SMARTS) is 1. The van der Waals surface area contributed by atoms with E-state index in [0.29, 0.717) is 16.4 Å². The molecule has 0 fully saturated rings. The molecule has 1 amide bonds. The Labute approximate surface area is 89.1 Å². The quantitative estimate of drug-likeness (QED) is 0.800. The number of carbonyl (C=O) groups excluding carboxylic acids is 1. The van der Waals surface area contributed by atoms with Crippen molar-refractivity contribution in [3.05, 3.63) is 34.3 Å². The van der Waals surface area contributed by atoms with Crippen molar-refractivity contribution in [2.45, 2.75) is 6.04 Å². The molecule has 0 saturated heterocycles. The van der Waals surface area contributed by atoms with Crippen molar-refractivity contribution in [2.75, 3.05) is 0 Å². The van der Waals surface area contributed by atoms with Crippen LogP contribution < -0.4 is 5.32 Å². The third-order valence-electron chi connectivity index (χ3n) is 1.70. The summed E-state index contributed by atoms with van der Waals surface area (Å²) in [5.74, 6) is -1.09. The third kappa shape index (κ3) is 2.32. The van der Waals surface area contributed by atoms with Gasteiger partial charge in [-0.15, -0.1) is 0 Å². The number of rotatable bonds is 4. The van der Waals surface area contributed by atoms with Gasteiger partial charge in [0.1, 0.15) is 0 Å². The lowest BCUT2D eigenvalue weighted by atomic mass is 10.1. The molecule has 0 bridgehead atoms. The van der Waals surface area contributed by atoms with Gasteiger partial charge in [0.05, 0.1) is 0 Å². The summed E-state index contributed by atoms with van der Waals surface area (Å²) in [6.07, 6.45) is 0.373. The number of carbonyl (C=O) groups is 2. The van der Waals surface area contributed by atoms with Crippen molar-refractivity contribution in [3.8, 4) is 0 Å². The second-order valence-corrected chi connectivity index (χ2v) is 3.43. The molecule has 0 aliphatic carbocycles. The van der Waals surface area contributed by atoms with Crippen LogP contribution in [0.4, 0.5) is 0 Å². The first-order valence-corrected chi connectivity index (χ1v) is 4.63. The first-order chi connectivity index (χ1) is 6.66. The minimum atomic E-state index is -1.09. The van der Waals surface area contributed by atoms with Crippen LogP contribution in [-0.2, 0) is 9.59 Å². The normalized spacial score (nSPS) is 11.8. The van der Waals surface area contributed by atoms with Crippen LogP contribution in [0.1, 0.15) is 11.6 Å². The average molecular weight is 258 g/mol. The molecule has 0 aliphatic rings. The maximum atomic E-state index is 10.8. The Hall–Kier alpha value is -1.36. The minimum Gasteiger partial charge on any atom is -0.479 e. The topological polar surface area (TPSA) is 66.4 Å². The molecule has 4 nitrogen and oxygen atoms in total. The van der Waals surface area contributed by atoms with Gasteiger partial charge in [0.2, 0.25) is 6.41 Å². The highest BCUT2D eigenvalue weighted by Crippen LogP contribution is 2.22. The molecule has 0 aromatic heterocycles. The van der Waals surface area contributed by atoms with Gasteiger partial charge in [-0.2, -0.15) is 0 Å². The SMILES string of the molecule is O=CNC(C(=O)O)c1ccccc1Br. The molecular formula is C9H8BrNO3. The van der Waals surface area contributed by atoms with E-state index in [1.807, 2.05) is 0 Å². The van der Waals surface area contributed by atoms with Gasteiger partial charge >= 0.3 is 5.97 Å². The Morgan fingerprint density at radius 2 is 2.14 bits per heavy atom. The number of hydrogen-bond acceptors (Lipinski definition) is 2. The van der Waals surface area contributed by atoms with E-state index in [2.05, 4.69) is 21.2 Å². The van der Waals surface area contributed by atoms with E-state index in [-0.39, 0.29) is 0 Å². The van der Waals surface area contributed by atoms with E-state index >= 15 is 0 Å². The lowest BCUT2D eigenvalue weighted by Gasteiger charge is -2.12. The summed E-state index contributed by atoms with van der Waals surface area (Å²) in [6, 6.07) is 5.83. The van der Waals surface area contributed by atoms with Crippen LogP contribution in [0, 0.1) is 0 Å². The highest BCUT2D eigenvalue weighted by molar-refractivity contribution is 9.10.